The molecule has 0 aliphatic rings. The summed E-state index contributed by atoms with van der Waals surface area (Å²) in [5.74, 6) is 0. The summed E-state index contributed by atoms with van der Waals surface area (Å²) in [7, 11) is 0. The van der Waals surface area contributed by atoms with Crippen molar-refractivity contribution in [1.82, 2.24) is 0 Å². The Bertz CT molecular complexity index is 887. The normalized spacial score (nSPS) is 13.3. The van der Waals surface area contributed by atoms with Crippen molar-refractivity contribution in [2.45, 2.75) is 90.9 Å². The molecule has 0 nitrogen and oxygen atoms in total. The van der Waals surface area contributed by atoms with Crippen molar-refractivity contribution in [3.63, 3.8) is 0 Å². The largest absolute Gasteiger partial charge is 0.0582 e. The van der Waals surface area contributed by atoms with Gasteiger partial charge in [-0.1, -0.05) is 135 Å². The van der Waals surface area contributed by atoms with Gasteiger partial charge in [-0.3, -0.25) is 0 Å². The van der Waals surface area contributed by atoms with Crippen molar-refractivity contribution in [2.24, 2.45) is 0 Å². The van der Waals surface area contributed by atoms with Gasteiger partial charge < -0.3 is 0 Å². The van der Waals surface area contributed by atoms with Crippen LogP contribution in [-0.2, 0) is 21.7 Å². The lowest BCUT2D eigenvalue weighted by Crippen LogP contribution is -2.26. The van der Waals surface area contributed by atoms with Crippen LogP contribution in [0.1, 0.15) is 103 Å². The molecule has 3 rings (SSSR count). The Morgan fingerprint density at radius 1 is 0.281 bits per heavy atom. The maximum Gasteiger partial charge on any atom is 0.0423 e. The molecule has 0 bridgehead atoms. The van der Waals surface area contributed by atoms with Crippen LogP contribution in [0.4, 0.5) is 0 Å². The molecular formula is C32H42. The molecule has 0 atom stereocenters. The summed E-state index contributed by atoms with van der Waals surface area (Å²) in [5, 5.41) is 0. The van der Waals surface area contributed by atoms with Crippen molar-refractivity contribution in [2.75, 3.05) is 0 Å². The lowest BCUT2D eigenvalue weighted by atomic mass is 9.69. The molecule has 0 radical (unpaired) electrons. The predicted molar refractivity (Wildman–Crippen MR) is 141 cm³/mol. The van der Waals surface area contributed by atoms with E-state index in [1.807, 2.05) is 0 Å². The first-order valence-corrected chi connectivity index (χ1v) is 12.0. The summed E-state index contributed by atoms with van der Waals surface area (Å²) in [4.78, 5) is 0. The van der Waals surface area contributed by atoms with Crippen LogP contribution in [0, 0.1) is 0 Å². The van der Waals surface area contributed by atoms with Crippen molar-refractivity contribution in [1.29, 1.82) is 0 Å². The van der Waals surface area contributed by atoms with Crippen molar-refractivity contribution >= 4 is 0 Å². The Labute approximate surface area is 197 Å². The molecule has 3 aromatic rings. The third-order valence-corrected chi connectivity index (χ3v) is 6.98. The minimum absolute atomic E-state index is 0.150. The van der Waals surface area contributed by atoms with Gasteiger partial charge in [0, 0.05) is 5.41 Å². The zero-order valence-corrected chi connectivity index (χ0v) is 21.9. The molecule has 0 heteroatoms. The fourth-order valence-corrected chi connectivity index (χ4v) is 4.41. The lowest BCUT2D eigenvalue weighted by molar-refractivity contribution is 0.586. The lowest BCUT2D eigenvalue weighted by Gasteiger charge is -2.34. The van der Waals surface area contributed by atoms with Crippen LogP contribution >= 0.6 is 0 Å². The highest BCUT2D eigenvalue weighted by molar-refractivity contribution is 5.51. The molecule has 0 aliphatic carbocycles. The summed E-state index contributed by atoms with van der Waals surface area (Å²) in [6.07, 6.45) is 0. The highest BCUT2D eigenvalue weighted by Crippen LogP contribution is 2.41. The van der Waals surface area contributed by atoms with Crippen molar-refractivity contribution in [3.05, 3.63) is 106 Å². The molecular weight excluding hydrogens is 384 g/mol. The number of rotatable bonds is 3. The van der Waals surface area contributed by atoms with Gasteiger partial charge in [0.15, 0.2) is 0 Å². The van der Waals surface area contributed by atoms with Gasteiger partial charge in [-0.2, -0.15) is 0 Å². The van der Waals surface area contributed by atoms with Gasteiger partial charge in [-0.25, -0.2) is 0 Å². The van der Waals surface area contributed by atoms with Crippen LogP contribution in [-0.4, -0.2) is 0 Å². The van der Waals surface area contributed by atoms with E-state index in [9.17, 15) is 0 Å². The van der Waals surface area contributed by atoms with Gasteiger partial charge in [0.1, 0.15) is 0 Å². The van der Waals surface area contributed by atoms with Crippen LogP contribution in [0.5, 0.6) is 0 Å². The molecule has 3 aromatic carbocycles. The molecule has 0 saturated heterocycles. The van der Waals surface area contributed by atoms with E-state index in [1.54, 1.807) is 0 Å². The second-order valence-corrected chi connectivity index (χ2v) is 12.6. The maximum absolute atomic E-state index is 2.37. The summed E-state index contributed by atoms with van der Waals surface area (Å²) in [5.41, 5.74) is 8.34. The van der Waals surface area contributed by atoms with Gasteiger partial charge >= 0.3 is 0 Å². The average molecular weight is 427 g/mol. The molecule has 170 valence electrons. The Morgan fingerprint density at radius 3 is 0.594 bits per heavy atom. The third-order valence-electron chi connectivity index (χ3n) is 6.98. The molecule has 0 unspecified atom stereocenters. The van der Waals surface area contributed by atoms with Crippen LogP contribution in [0.3, 0.4) is 0 Å². The minimum Gasteiger partial charge on any atom is -0.0582 e. The number of hydrogen-bond acceptors (Lipinski definition) is 0. The van der Waals surface area contributed by atoms with E-state index in [-0.39, 0.29) is 21.7 Å². The second-order valence-electron chi connectivity index (χ2n) is 12.6. The second kappa shape index (κ2) is 8.22. The van der Waals surface area contributed by atoms with E-state index in [0.29, 0.717) is 0 Å². The van der Waals surface area contributed by atoms with Gasteiger partial charge in [0.2, 0.25) is 0 Å². The van der Waals surface area contributed by atoms with E-state index in [2.05, 4.69) is 142 Å². The fourth-order valence-electron chi connectivity index (χ4n) is 4.41. The SMILES string of the molecule is CC(C)(C)c1ccc(C(C)(c2ccc(C(C)(C)C)cc2)c2ccc(C(C)(C)C)cc2)cc1. The summed E-state index contributed by atoms with van der Waals surface area (Å²) >= 11 is 0. The van der Waals surface area contributed by atoms with E-state index in [1.165, 1.54) is 33.4 Å². The van der Waals surface area contributed by atoms with Crippen LogP contribution in [0.15, 0.2) is 72.8 Å². The van der Waals surface area contributed by atoms with Crippen LogP contribution in [0.25, 0.3) is 0 Å². The highest BCUT2D eigenvalue weighted by Gasteiger charge is 2.32. The van der Waals surface area contributed by atoms with E-state index >= 15 is 0 Å². The molecule has 0 fully saturated rings. The quantitative estimate of drug-likeness (QED) is 0.367. The Morgan fingerprint density at radius 2 is 0.438 bits per heavy atom. The van der Waals surface area contributed by atoms with Gasteiger partial charge in [-0.15, -0.1) is 0 Å². The molecule has 0 amide bonds. The summed E-state index contributed by atoms with van der Waals surface area (Å²) < 4.78 is 0. The van der Waals surface area contributed by atoms with E-state index < -0.39 is 0 Å². The van der Waals surface area contributed by atoms with Gasteiger partial charge in [0.05, 0.1) is 0 Å². The topological polar surface area (TPSA) is 0 Å². The zero-order chi connectivity index (χ0) is 23.9. The summed E-state index contributed by atoms with van der Waals surface area (Å²) in [6, 6.07) is 27.8. The van der Waals surface area contributed by atoms with E-state index in [4.69, 9.17) is 0 Å². The monoisotopic (exact) mass is 426 g/mol. The first kappa shape index (κ1) is 24.3. The van der Waals surface area contributed by atoms with E-state index in [0.717, 1.165) is 0 Å². The summed E-state index contributed by atoms with van der Waals surface area (Å²) in [6.45, 7) is 22.9. The first-order chi connectivity index (χ1) is 14.6. The average Bonchev–Trinajstić information content (AvgIpc) is 2.71. The first-order valence-electron chi connectivity index (χ1n) is 12.0. The van der Waals surface area contributed by atoms with Crippen LogP contribution < -0.4 is 0 Å². The zero-order valence-electron chi connectivity index (χ0n) is 21.9. The van der Waals surface area contributed by atoms with Crippen molar-refractivity contribution < 1.29 is 0 Å². The molecule has 32 heavy (non-hydrogen) atoms. The standard InChI is InChI=1S/C32H42/c1-29(2,3)23-11-17-26(18-12-23)32(10,27-19-13-24(14-20-27)30(4,5)6)28-21-15-25(16-22-28)31(7,8)9/h11-22H,1-10H3. The fraction of sp³-hybridized carbons (Fsp3) is 0.438. The minimum atomic E-state index is -0.219. The molecule has 0 aromatic heterocycles. The third kappa shape index (κ3) is 4.85. The number of benzene rings is 3. The molecule has 0 heterocycles. The Balaban J connectivity index is 2.17. The van der Waals surface area contributed by atoms with Crippen molar-refractivity contribution in [3.8, 4) is 0 Å². The highest BCUT2D eigenvalue weighted by atomic mass is 14.3. The van der Waals surface area contributed by atoms with Gasteiger partial charge in [0.25, 0.3) is 0 Å². The maximum atomic E-state index is 2.37. The molecule has 0 N–H and O–H groups in total. The molecule has 0 saturated carbocycles. The van der Waals surface area contributed by atoms with Gasteiger partial charge in [-0.05, 0) is 56.5 Å². The van der Waals surface area contributed by atoms with Crippen LogP contribution in [0.2, 0.25) is 0 Å². The molecule has 0 spiro atoms. The predicted octanol–water partition coefficient (Wildman–Crippen LogP) is 8.93. The Kier molecular flexibility index (Phi) is 6.24. The Hall–Kier alpha value is -2.34. The molecule has 0 aliphatic heterocycles. The number of hydrogen-bond donors (Lipinski definition) is 0. The smallest absolute Gasteiger partial charge is 0.0423 e.